The Kier molecular flexibility index (Phi) is 3.64. The largest absolute Gasteiger partial charge is 0.478 e. The quantitative estimate of drug-likeness (QED) is 0.906. The number of aromatic nitrogens is 1. The van der Waals surface area contributed by atoms with Gasteiger partial charge < -0.3 is 19.5 Å². The normalized spacial score (nSPS) is 29.8. The highest BCUT2D eigenvalue weighted by molar-refractivity contribution is 5.93. The minimum Gasteiger partial charge on any atom is -0.478 e. The first-order chi connectivity index (χ1) is 11.7. The molecule has 1 aromatic rings. The van der Waals surface area contributed by atoms with Crippen LogP contribution in [0.2, 0.25) is 0 Å². The molecule has 4 rings (SSSR count). The molecule has 3 aliphatic rings. The summed E-state index contributed by atoms with van der Waals surface area (Å²) in [6.45, 7) is 7.85. The molecule has 0 aromatic carbocycles. The van der Waals surface area contributed by atoms with E-state index in [9.17, 15) is 9.90 Å². The number of carboxylic acid groups (broad SMARTS) is 1. The lowest BCUT2D eigenvalue weighted by Crippen LogP contribution is -2.37. The highest BCUT2D eigenvalue weighted by Gasteiger charge is 2.46. The van der Waals surface area contributed by atoms with Crippen molar-refractivity contribution in [2.24, 2.45) is 5.41 Å². The molecule has 3 fully saturated rings. The zero-order valence-electron chi connectivity index (χ0n) is 15.2. The van der Waals surface area contributed by atoms with Gasteiger partial charge in [-0.1, -0.05) is 0 Å². The summed E-state index contributed by atoms with van der Waals surface area (Å²) < 4.78 is 11.8. The molecule has 0 amide bonds. The molecule has 2 aliphatic heterocycles. The fourth-order valence-corrected chi connectivity index (χ4v) is 4.06. The van der Waals surface area contributed by atoms with Gasteiger partial charge in [0.1, 0.15) is 17.0 Å². The molecule has 136 valence electrons. The van der Waals surface area contributed by atoms with Crippen molar-refractivity contribution in [1.82, 2.24) is 4.98 Å². The second-order valence-corrected chi connectivity index (χ2v) is 8.38. The minimum atomic E-state index is -0.935. The van der Waals surface area contributed by atoms with Crippen LogP contribution >= 0.6 is 0 Å². The van der Waals surface area contributed by atoms with Crippen molar-refractivity contribution in [3.8, 4) is 0 Å². The molecule has 1 spiro atoms. The minimum absolute atomic E-state index is 0.261. The number of ether oxygens (including phenoxy) is 2. The Morgan fingerprint density at radius 2 is 1.84 bits per heavy atom. The molecule has 6 heteroatoms. The number of hydrogen-bond acceptors (Lipinski definition) is 5. The van der Waals surface area contributed by atoms with Crippen LogP contribution in [0.15, 0.2) is 12.1 Å². The molecule has 0 bridgehead atoms. The van der Waals surface area contributed by atoms with Gasteiger partial charge in [0.15, 0.2) is 5.79 Å². The van der Waals surface area contributed by atoms with Crippen molar-refractivity contribution < 1.29 is 19.4 Å². The first kappa shape index (κ1) is 16.8. The van der Waals surface area contributed by atoms with Crippen LogP contribution in [0.25, 0.3) is 0 Å². The molecule has 3 heterocycles. The van der Waals surface area contributed by atoms with Crippen LogP contribution in [0.1, 0.15) is 62.5 Å². The van der Waals surface area contributed by atoms with Gasteiger partial charge in [-0.25, -0.2) is 9.78 Å². The number of carboxylic acids is 1. The number of nitrogens with zero attached hydrogens (tertiary/aromatic N) is 2. The molecule has 1 saturated carbocycles. The molecule has 1 atom stereocenters. The predicted octanol–water partition coefficient (Wildman–Crippen LogP) is 3.16. The Hall–Kier alpha value is -1.66. The van der Waals surface area contributed by atoms with E-state index in [0.717, 1.165) is 31.6 Å². The topological polar surface area (TPSA) is 71.9 Å². The standard InChI is InChI=1S/C19H26N2O4/c1-17(2)24-12-18(3,25-17)14-5-4-13(16(22)23)15(20-14)21-10-8-19(6-7-19)9-11-21/h4-5H,6-12H2,1-3H3,(H,22,23). The smallest absolute Gasteiger partial charge is 0.339 e. The molecular weight excluding hydrogens is 320 g/mol. The number of pyridine rings is 1. The van der Waals surface area contributed by atoms with E-state index in [1.165, 1.54) is 12.8 Å². The predicted molar refractivity (Wildman–Crippen MR) is 92.8 cm³/mol. The summed E-state index contributed by atoms with van der Waals surface area (Å²) >= 11 is 0. The van der Waals surface area contributed by atoms with Crippen molar-refractivity contribution in [3.63, 3.8) is 0 Å². The second-order valence-electron chi connectivity index (χ2n) is 8.38. The van der Waals surface area contributed by atoms with Crippen LogP contribution in [-0.2, 0) is 15.1 Å². The van der Waals surface area contributed by atoms with Crippen LogP contribution in [0.3, 0.4) is 0 Å². The summed E-state index contributed by atoms with van der Waals surface area (Å²) in [6, 6.07) is 3.41. The third kappa shape index (κ3) is 3.02. The molecule has 1 aliphatic carbocycles. The van der Waals surface area contributed by atoms with E-state index in [0.29, 0.717) is 17.8 Å². The van der Waals surface area contributed by atoms with Crippen molar-refractivity contribution >= 4 is 11.8 Å². The number of aromatic carboxylic acids is 1. The van der Waals surface area contributed by atoms with E-state index in [2.05, 4.69) is 4.90 Å². The van der Waals surface area contributed by atoms with E-state index in [1.54, 1.807) is 12.1 Å². The summed E-state index contributed by atoms with van der Waals surface area (Å²) in [4.78, 5) is 18.6. The van der Waals surface area contributed by atoms with E-state index in [-0.39, 0.29) is 5.56 Å². The van der Waals surface area contributed by atoms with E-state index < -0.39 is 17.4 Å². The summed E-state index contributed by atoms with van der Waals surface area (Å²) in [5, 5.41) is 9.59. The van der Waals surface area contributed by atoms with Gasteiger partial charge in [-0.15, -0.1) is 0 Å². The van der Waals surface area contributed by atoms with E-state index >= 15 is 0 Å². The maximum Gasteiger partial charge on any atom is 0.339 e. The van der Waals surface area contributed by atoms with Gasteiger partial charge in [0, 0.05) is 13.1 Å². The molecule has 25 heavy (non-hydrogen) atoms. The molecule has 1 unspecified atom stereocenters. The molecule has 0 radical (unpaired) electrons. The van der Waals surface area contributed by atoms with Crippen LogP contribution in [0.4, 0.5) is 5.82 Å². The van der Waals surface area contributed by atoms with Gasteiger partial charge in [0.05, 0.1) is 12.3 Å². The maximum absolute atomic E-state index is 11.7. The molecule has 1 aromatic heterocycles. The summed E-state index contributed by atoms with van der Waals surface area (Å²) in [6.07, 6.45) is 4.89. The number of anilines is 1. The summed E-state index contributed by atoms with van der Waals surface area (Å²) in [7, 11) is 0. The van der Waals surface area contributed by atoms with Crippen LogP contribution in [0, 0.1) is 5.41 Å². The van der Waals surface area contributed by atoms with Crippen LogP contribution in [0.5, 0.6) is 0 Å². The Balaban J connectivity index is 1.66. The lowest BCUT2D eigenvalue weighted by atomic mass is 9.93. The van der Waals surface area contributed by atoms with Crippen LogP contribution < -0.4 is 4.90 Å². The van der Waals surface area contributed by atoms with Crippen molar-refractivity contribution in [2.75, 3.05) is 24.6 Å². The Labute approximate surface area is 148 Å². The average Bonchev–Trinajstić information content (AvgIpc) is 3.24. The zero-order chi connectivity index (χ0) is 17.9. The van der Waals surface area contributed by atoms with Gasteiger partial charge in [-0.05, 0) is 64.0 Å². The zero-order valence-corrected chi connectivity index (χ0v) is 15.2. The number of rotatable bonds is 3. The van der Waals surface area contributed by atoms with E-state index in [1.807, 2.05) is 20.8 Å². The summed E-state index contributed by atoms with van der Waals surface area (Å²) in [5.74, 6) is -1.03. The van der Waals surface area contributed by atoms with Crippen molar-refractivity contribution in [3.05, 3.63) is 23.4 Å². The fraction of sp³-hybridized carbons (Fsp3) is 0.684. The monoisotopic (exact) mass is 346 g/mol. The number of piperidine rings is 1. The lowest BCUT2D eigenvalue weighted by molar-refractivity contribution is -0.160. The third-order valence-electron chi connectivity index (χ3n) is 5.89. The Morgan fingerprint density at radius 1 is 1.16 bits per heavy atom. The van der Waals surface area contributed by atoms with Gasteiger partial charge >= 0.3 is 5.97 Å². The fourth-order valence-electron chi connectivity index (χ4n) is 4.06. The highest BCUT2D eigenvalue weighted by atomic mass is 16.8. The third-order valence-corrected chi connectivity index (χ3v) is 5.89. The first-order valence-electron chi connectivity index (χ1n) is 9.06. The molecule has 6 nitrogen and oxygen atoms in total. The molecule has 2 saturated heterocycles. The molecule has 1 N–H and O–H groups in total. The average molecular weight is 346 g/mol. The summed E-state index contributed by atoms with van der Waals surface area (Å²) in [5.41, 5.74) is 0.862. The van der Waals surface area contributed by atoms with Crippen molar-refractivity contribution in [1.29, 1.82) is 0 Å². The second kappa shape index (κ2) is 5.42. The lowest BCUT2D eigenvalue weighted by Gasteiger charge is -2.34. The highest BCUT2D eigenvalue weighted by Crippen LogP contribution is 2.54. The maximum atomic E-state index is 11.7. The van der Waals surface area contributed by atoms with Gasteiger partial charge in [0.25, 0.3) is 0 Å². The van der Waals surface area contributed by atoms with Crippen LogP contribution in [-0.4, -0.2) is 41.5 Å². The Bertz CT molecular complexity index is 703. The van der Waals surface area contributed by atoms with E-state index in [4.69, 9.17) is 14.5 Å². The van der Waals surface area contributed by atoms with Gasteiger partial charge in [-0.3, -0.25) is 0 Å². The number of hydrogen-bond donors (Lipinski definition) is 1. The number of carbonyl (C=O) groups is 1. The Morgan fingerprint density at radius 3 is 2.36 bits per heavy atom. The van der Waals surface area contributed by atoms with Crippen molar-refractivity contribution in [2.45, 2.75) is 57.8 Å². The van der Waals surface area contributed by atoms with Gasteiger partial charge in [-0.2, -0.15) is 0 Å². The SMILES string of the molecule is CC1(C)OCC(C)(c2ccc(C(=O)O)c(N3CCC4(CC3)CC4)n2)O1. The molecular formula is C19H26N2O4. The first-order valence-corrected chi connectivity index (χ1v) is 9.06. The van der Waals surface area contributed by atoms with Gasteiger partial charge in [0.2, 0.25) is 0 Å².